The molecule has 0 aromatic rings. The lowest BCUT2D eigenvalue weighted by molar-refractivity contribution is -0.0468. The molecule has 1 aliphatic rings. The van der Waals surface area contributed by atoms with Gasteiger partial charge in [0.1, 0.15) is 0 Å². The molecule has 3 nitrogen and oxygen atoms in total. The van der Waals surface area contributed by atoms with Crippen LogP contribution in [0.25, 0.3) is 0 Å². The van der Waals surface area contributed by atoms with Crippen LogP contribution in [0.5, 0.6) is 0 Å². The van der Waals surface area contributed by atoms with Crippen LogP contribution in [-0.4, -0.2) is 36.5 Å². The number of rotatable bonds is 1. The van der Waals surface area contributed by atoms with Gasteiger partial charge in [-0.05, 0) is 13.8 Å². The van der Waals surface area contributed by atoms with Crippen LogP contribution in [0.2, 0.25) is 0 Å². The number of morpholine rings is 1. The zero-order valence-corrected chi connectivity index (χ0v) is 8.50. The third kappa shape index (κ3) is 3.72. The summed E-state index contributed by atoms with van der Waals surface area (Å²) >= 11 is 0. The molecule has 0 aliphatic carbocycles. The molecule has 12 heavy (non-hydrogen) atoms. The minimum absolute atomic E-state index is 0.269. The van der Waals surface area contributed by atoms with Crippen molar-refractivity contribution in [2.24, 2.45) is 0 Å². The van der Waals surface area contributed by atoms with Gasteiger partial charge in [-0.1, -0.05) is 13.8 Å². The first kappa shape index (κ1) is 11.4. The summed E-state index contributed by atoms with van der Waals surface area (Å²) in [6, 6.07) is 0. The van der Waals surface area contributed by atoms with E-state index in [0.29, 0.717) is 0 Å². The quantitative estimate of drug-likeness (QED) is 0.483. The van der Waals surface area contributed by atoms with Crippen molar-refractivity contribution in [1.82, 2.24) is 4.90 Å². The van der Waals surface area contributed by atoms with Crippen LogP contribution in [0.3, 0.4) is 0 Å². The van der Waals surface area contributed by atoms with Crippen LogP contribution >= 0.6 is 0 Å². The minimum Gasteiger partial charge on any atom is -0.372 e. The summed E-state index contributed by atoms with van der Waals surface area (Å²) in [5, 5.41) is 7.02. The Balaban J connectivity index is 0.000000561. The molecule has 1 fully saturated rings. The Morgan fingerprint density at radius 3 is 2.00 bits per heavy atom. The summed E-state index contributed by atoms with van der Waals surface area (Å²) < 4.78 is 5.47. The Morgan fingerprint density at radius 2 is 1.67 bits per heavy atom. The SMILES string of the molecule is CC.CC1CN(C=N)CC(C)O1. The molecule has 0 radical (unpaired) electrons. The predicted molar refractivity (Wildman–Crippen MR) is 51.7 cm³/mol. The third-order valence-corrected chi connectivity index (χ3v) is 1.63. The van der Waals surface area contributed by atoms with Gasteiger partial charge in [0.05, 0.1) is 18.5 Å². The molecular weight excluding hydrogens is 152 g/mol. The molecule has 0 bridgehead atoms. The van der Waals surface area contributed by atoms with E-state index in [0.717, 1.165) is 13.1 Å². The molecular formula is C9H20N2O. The summed E-state index contributed by atoms with van der Waals surface area (Å²) in [6.07, 6.45) is 1.92. The normalized spacial score (nSPS) is 28.8. The lowest BCUT2D eigenvalue weighted by Gasteiger charge is -2.33. The molecule has 0 saturated carbocycles. The summed E-state index contributed by atoms with van der Waals surface area (Å²) in [7, 11) is 0. The maximum Gasteiger partial charge on any atom is 0.0819 e. The Hall–Kier alpha value is -0.570. The van der Waals surface area contributed by atoms with E-state index in [1.165, 1.54) is 6.34 Å². The van der Waals surface area contributed by atoms with E-state index in [-0.39, 0.29) is 12.2 Å². The van der Waals surface area contributed by atoms with Crippen molar-refractivity contribution in [3.63, 3.8) is 0 Å². The van der Waals surface area contributed by atoms with Gasteiger partial charge >= 0.3 is 0 Å². The smallest absolute Gasteiger partial charge is 0.0819 e. The zero-order chi connectivity index (χ0) is 9.56. The standard InChI is InChI=1S/C7H14N2O.C2H6/c1-6-3-9(5-8)4-7(2)10-6;1-2/h5-8H,3-4H2,1-2H3;1-2H3. The van der Waals surface area contributed by atoms with E-state index in [4.69, 9.17) is 10.1 Å². The van der Waals surface area contributed by atoms with Gasteiger partial charge in [0.25, 0.3) is 0 Å². The highest BCUT2D eigenvalue weighted by Crippen LogP contribution is 2.07. The van der Waals surface area contributed by atoms with Crippen molar-refractivity contribution in [3.8, 4) is 0 Å². The van der Waals surface area contributed by atoms with Gasteiger partial charge < -0.3 is 9.64 Å². The topological polar surface area (TPSA) is 36.3 Å². The fourth-order valence-corrected chi connectivity index (χ4v) is 1.32. The highest BCUT2D eigenvalue weighted by atomic mass is 16.5. The van der Waals surface area contributed by atoms with E-state index in [1.807, 2.05) is 32.6 Å². The zero-order valence-electron chi connectivity index (χ0n) is 8.50. The maximum atomic E-state index is 7.02. The summed E-state index contributed by atoms with van der Waals surface area (Å²) in [5.41, 5.74) is 0. The van der Waals surface area contributed by atoms with Crippen LogP contribution in [0.15, 0.2) is 0 Å². The Morgan fingerprint density at radius 1 is 1.25 bits per heavy atom. The highest BCUT2D eigenvalue weighted by Gasteiger charge is 2.19. The number of nitrogens with zero attached hydrogens (tertiary/aromatic N) is 1. The van der Waals surface area contributed by atoms with Crippen molar-refractivity contribution in [2.75, 3.05) is 13.1 Å². The molecule has 1 aliphatic heterocycles. The Bertz CT molecular complexity index is 118. The second kappa shape index (κ2) is 6.00. The second-order valence-electron chi connectivity index (χ2n) is 2.84. The molecule has 1 saturated heterocycles. The van der Waals surface area contributed by atoms with E-state index in [9.17, 15) is 0 Å². The van der Waals surface area contributed by atoms with E-state index in [1.54, 1.807) is 0 Å². The first-order valence-electron chi connectivity index (χ1n) is 4.62. The lowest BCUT2D eigenvalue weighted by atomic mass is 10.2. The third-order valence-electron chi connectivity index (χ3n) is 1.63. The van der Waals surface area contributed by atoms with Crippen molar-refractivity contribution in [3.05, 3.63) is 0 Å². The number of ether oxygens (including phenoxy) is 1. The van der Waals surface area contributed by atoms with Crippen LogP contribution in [-0.2, 0) is 4.74 Å². The van der Waals surface area contributed by atoms with Gasteiger partial charge in [0.15, 0.2) is 0 Å². The summed E-state index contributed by atoms with van der Waals surface area (Å²) in [5.74, 6) is 0. The predicted octanol–water partition coefficient (Wildman–Crippen LogP) is 1.73. The van der Waals surface area contributed by atoms with Crippen molar-refractivity contribution < 1.29 is 4.74 Å². The first-order valence-corrected chi connectivity index (χ1v) is 4.62. The number of hydrogen-bond donors (Lipinski definition) is 1. The fourth-order valence-electron chi connectivity index (χ4n) is 1.32. The van der Waals surface area contributed by atoms with Gasteiger partial charge in [-0.15, -0.1) is 0 Å². The molecule has 0 aromatic heterocycles. The van der Waals surface area contributed by atoms with E-state index >= 15 is 0 Å². The minimum atomic E-state index is 0.269. The Kier molecular flexibility index (Phi) is 5.72. The van der Waals surface area contributed by atoms with E-state index in [2.05, 4.69) is 0 Å². The van der Waals surface area contributed by atoms with Gasteiger partial charge in [-0.3, -0.25) is 5.41 Å². The monoisotopic (exact) mass is 172 g/mol. The number of nitrogens with one attached hydrogen (secondary N) is 1. The average Bonchev–Trinajstić information content (AvgIpc) is 2.06. The van der Waals surface area contributed by atoms with E-state index < -0.39 is 0 Å². The van der Waals surface area contributed by atoms with Crippen LogP contribution in [0.1, 0.15) is 27.7 Å². The fraction of sp³-hybridized carbons (Fsp3) is 0.889. The molecule has 1 heterocycles. The lowest BCUT2D eigenvalue weighted by Crippen LogP contribution is -2.44. The highest BCUT2D eigenvalue weighted by molar-refractivity contribution is 5.50. The van der Waals surface area contributed by atoms with Gasteiger partial charge in [0.2, 0.25) is 0 Å². The first-order chi connectivity index (χ1) is 5.72. The van der Waals surface area contributed by atoms with Gasteiger partial charge in [-0.25, -0.2) is 0 Å². The van der Waals surface area contributed by atoms with Gasteiger partial charge in [0, 0.05) is 13.1 Å². The molecule has 2 atom stereocenters. The van der Waals surface area contributed by atoms with Crippen molar-refractivity contribution >= 4 is 6.34 Å². The van der Waals surface area contributed by atoms with Gasteiger partial charge in [-0.2, -0.15) is 0 Å². The molecule has 3 heteroatoms. The molecule has 2 unspecified atom stereocenters. The molecule has 1 rings (SSSR count). The van der Waals surface area contributed by atoms with Crippen LogP contribution in [0.4, 0.5) is 0 Å². The summed E-state index contributed by atoms with van der Waals surface area (Å²) in [6.45, 7) is 9.78. The van der Waals surface area contributed by atoms with Crippen LogP contribution in [0, 0.1) is 5.41 Å². The van der Waals surface area contributed by atoms with Crippen molar-refractivity contribution in [2.45, 2.75) is 39.9 Å². The Labute approximate surface area is 75.2 Å². The molecule has 0 aromatic carbocycles. The largest absolute Gasteiger partial charge is 0.372 e. The molecule has 1 N–H and O–H groups in total. The molecule has 72 valence electrons. The summed E-state index contributed by atoms with van der Waals surface area (Å²) in [4.78, 5) is 1.97. The molecule has 0 spiro atoms. The average molecular weight is 172 g/mol. The number of hydrogen-bond acceptors (Lipinski definition) is 2. The van der Waals surface area contributed by atoms with Crippen molar-refractivity contribution in [1.29, 1.82) is 5.41 Å². The second-order valence-corrected chi connectivity index (χ2v) is 2.84. The van der Waals surface area contributed by atoms with Crippen LogP contribution < -0.4 is 0 Å². The molecule has 0 amide bonds. The maximum absolute atomic E-state index is 7.02.